The first-order chi connectivity index (χ1) is 9.31. The van der Waals surface area contributed by atoms with Crippen LogP contribution in [-0.2, 0) is 11.3 Å². The number of thioether (sulfide) groups is 1. The number of rotatable bonds is 7. The second-order valence-electron chi connectivity index (χ2n) is 4.25. The second kappa shape index (κ2) is 7.54. The highest BCUT2D eigenvalue weighted by Crippen LogP contribution is 2.36. The third-order valence-corrected chi connectivity index (χ3v) is 3.32. The standard InChI is InChI=1S/C13H16F3NO2S/c1-2-3-11(12(18)19)17-8-9-4-6-10(7-5-9)20-13(14,15)16/h4-7,11,17H,2-3,8H2,1H3,(H,18,19). The van der Waals surface area contributed by atoms with Crippen molar-refractivity contribution in [2.45, 2.75) is 42.8 Å². The van der Waals surface area contributed by atoms with E-state index in [1.807, 2.05) is 6.92 Å². The molecule has 1 aromatic rings. The van der Waals surface area contributed by atoms with Gasteiger partial charge in [-0.25, -0.2) is 0 Å². The van der Waals surface area contributed by atoms with Crippen molar-refractivity contribution in [1.82, 2.24) is 5.32 Å². The number of hydrogen-bond donors (Lipinski definition) is 2. The first kappa shape index (κ1) is 16.8. The Bertz CT molecular complexity index is 434. The number of carbonyl (C=O) groups is 1. The number of carboxylic acid groups (broad SMARTS) is 1. The van der Waals surface area contributed by atoms with Crippen LogP contribution in [0, 0.1) is 0 Å². The minimum absolute atomic E-state index is 0.115. The fourth-order valence-electron chi connectivity index (χ4n) is 1.65. The summed E-state index contributed by atoms with van der Waals surface area (Å²) in [5.74, 6) is -0.920. The van der Waals surface area contributed by atoms with Gasteiger partial charge in [-0.3, -0.25) is 4.79 Å². The maximum absolute atomic E-state index is 12.2. The van der Waals surface area contributed by atoms with Crippen molar-refractivity contribution in [1.29, 1.82) is 0 Å². The summed E-state index contributed by atoms with van der Waals surface area (Å²) in [5.41, 5.74) is -3.55. The second-order valence-corrected chi connectivity index (χ2v) is 5.39. The normalized spacial score (nSPS) is 13.2. The summed E-state index contributed by atoms with van der Waals surface area (Å²) < 4.78 is 36.5. The van der Waals surface area contributed by atoms with Gasteiger partial charge in [-0.1, -0.05) is 25.5 Å². The van der Waals surface area contributed by atoms with Crippen molar-refractivity contribution in [3.63, 3.8) is 0 Å². The highest BCUT2D eigenvalue weighted by molar-refractivity contribution is 8.00. The summed E-state index contributed by atoms with van der Waals surface area (Å²) in [6.45, 7) is 2.20. The largest absolute Gasteiger partial charge is 0.480 e. The molecule has 0 radical (unpaired) electrons. The van der Waals surface area contributed by atoms with Gasteiger partial charge in [-0.15, -0.1) is 0 Å². The molecule has 1 atom stereocenters. The Hall–Kier alpha value is -1.21. The van der Waals surface area contributed by atoms with Crippen LogP contribution in [-0.4, -0.2) is 22.6 Å². The van der Waals surface area contributed by atoms with Gasteiger partial charge >= 0.3 is 11.5 Å². The Morgan fingerprint density at radius 3 is 2.40 bits per heavy atom. The lowest BCUT2D eigenvalue weighted by Crippen LogP contribution is -2.35. The Kier molecular flexibility index (Phi) is 6.35. The van der Waals surface area contributed by atoms with Crippen molar-refractivity contribution in [2.24, 2.45) is 0 Å². The SMILES string of the molecule is CCCC(NCc1ccc(SC(F)(F)F)cc1)C(=O)O. The molecular weight excluding hydrogens is 291 g/mol. The van der Waals surface area contributed by atoms with E-state index in [-0.39, 0.29) is 16.7 Å². The van der Waals surface area contributed by atoms with Gasteiger partial charge in [-0.05, 0) is 35.9 Å². The van der Waals surface area contributed by atoms with E-state index in [2.05, 4.69) is 5.32 Å². The third kappa shape index (κ3) is 6.29. The number of halogens is 3. The molecule has 0 aliphatic carbocycles. The summed E-state index contributed by atoms with van der Waals surface area (Å²) in [4.78, 5) is 11.0. The molecule has 1 aromatic carbocycles. The molecule has 0 saturated carbocycles. The van der Waals surface area contributed by atoms with Crippen LogP contribution in [0.2, 0.25) is 0 Å². The Labute approximate surface area is 119 Å². The Balaban J connectivity index is 2.55. The zero-order valence-electron chi connectivity index (χ0n) is 10.9. The molecule has 7 heteroatoms. The molecule has 2 N–H and O–H groups in total. The molecule has 112 valence electrons. The predicted molar refractivity (Wildman–Crippen MR) is 71.5 cm³/mol. The van der Waals surface area contributed by atoms with Gasteiger partial charge in [0.2, 0.25) is 0 Å². The van der Waals surface area contributed by atoms with Gasteiger partial charge < -0.3 is 10.4 Å². The summed E-state index contributed by atoms with van der Waals surface area (Å²) >= 11 is -0.168. The monoisotopic (exact) mass is 307 g/mol. The molecular formula is C13H16F3NO2S. The number of alkyl halides is 3. The number of aliphatic carboxylic acids is 1. The van der Waals surface area contributed by atoms with Crippen LogP contribution in [0.3, 0.4) is 0 Å². The van der Waals surface area contributed by atoms with E-state index in [1.54, 1.807) is 12.1 Å². The third-order valence-electron chi connectivity index (χ3n) is 2.58. The van der Waals surface area contributed by atoms with E-state index in [4.69, 9.17) is 5.11 Å². The molecule has 0 heterocycles. The van der Waals surface area contributed by atoms with E-state index < -0.39 is 17.5 Å². The minimum Gasteiger partial charge on any atom is -0.480 e. The molecule has 0 spiro atoms. The van der Waals surface area contributed by atoms with Gasteiger partial charge in [0.15, 0.2) is 0 Å². The van der Waals surface area contributed by atoms with E-state index in [1.165, 1.54) is 12.1 Å². The summed E-state index contributed by atoms with van der Waals surface area (Å²) in [5, 5.41) is 11.8. The van der Waals surface area contributed by atoms with Gasteiger partial charge in [-0.2, -0.15) is 13.2 Å². The van der Waals surface area contributed by atoms with Gasteiger partial charge in [0.25, 0.3) is 0 Å². The quantitative estimate of drug-likeness (QED) is 0.755. The van der Waals surface area contributed by atoms with Crippen LogP contribution in [0.5, 0.6) is 0 Å². The molecule has 0 bridgehead atoms. The smallest absolute Gasteiger partial charge is 0.446 e. The molecule has 0 aromatic heterocycles. The lowest BCUT2D eigenvalue weighted by atomic mass is 10.1. The highest BCUT2D eigenvalue weighted by atomic mass is 32.2. The van der Waals surface area contributed by atoms with Crippen molar-refractivity contribution in [3.8, 4) is 0 Å². The maximum atomic E-state index is 12.2. The van der Waals surface area contributed by atoms with E-state index >= 15 is 0 Å². The van der Waals surface area contributed by atoms with Gasteiger partial charge in [0.05, 0.1) is 0 Å². The lowest BCUT2D eigenvalue weighted by Gasteiger charge is -2.13. The number of hydrogen-bond acceptors (Lipinski definition) is 3. The van der Waals surface area contributed by atoms with Crippen LogP contribution < -0.4 is 5.32 Å². The van der Waals surface area contributed by atoms with Crippen molar-refractivity contribution >= 4 is 17.7 Å². The summed E-state index contributed by atoms with van der Waals surface area (Å²) in [6.07, 6.45) is 1.25. The Morgan fingerprint density at radius 1 is 1.35 bits per heavy atom. The average Bonchev–Trinajstić information content (AvgIpc) is 2.34. The lowest BCUT2D eigenvalue weighted by molar-refractivity contribution is -0.139. The maximum Gasteiger partial charge on any atom is 0.446 e. The average molecular weight is 307 g/mol. The molecule has 0 fully saturated rings. The fourth-order valence-corrected chi connectivity index (χ4v) is 2.19. The van der Waals surface area contributed by atoms with Crippen molar-refractivity contribution < 1.29 is 23.1 Å². The highest BCUT2D eigenvalue weighted by Gasteiger charge is 2.29. The van der Waals surface area contributed by atoms with Crippen molar-refractivity contribution in [3.05, 3.63) is 29.8 Å². The van der Waals surface area contributed by atoms with Crippen LogP contribution in [0.1, 0.15) is 25.3 Å². The first-order valence-electron chi connectivity index (χ1n) is 6.12. The molecule has 0 amide bonds. The summed E-state index contributed by atoms with van der Waals surface area (Å²) in [7, 11) is 0. The number of carboxylic acids is 1. The number of nitrogens with one attached hydrogen (secondary N) is 1. The predicted octanol–water partition coefficient (Wildman–Crippen LogP) is 3.64. The Morgan fingerprint density at radius 2 is 1.95 bits per heavy atom. The van der Waals surface area contributed by atoms with Crippen LogP contribution in [0.25, 0.3) is 0 Å². The zero-order valence-corrected chi connectivity index (χ0v) is 11.7. The fraction of sp³-hybridized carbons (Fsp3) is 0.462. The minimum atomic E-state index is -4.30. The summed E-state index contributed by atoms with van der Waals surface area (Å²) in [6, 6.07) is 5.25. The topological polar surface area (TPSA) is 49.3 Å². The van der Waals surface area contributed by atoms with E-state index in [0.29, 0.717) is 13.0 Å². The molecule has 1 rings (SSSR count). The molecule has 20 heavy (non-hydrogen) atoms. The molecule has 3 nitrogen and oxygen atoms in total. The zero-order chi connectivity index (χ0) is 15.2. The molecule has 0 aliphatic rings. The van der Waals surface area contributed by atoms with Gasteiger partial charge in [0.1, 0.15) is 6.04 Å². The van der Waals surface area contributed by atoms with Crippen LogP contribution >= 0.6 is 11.8 Å². The van der Waals surface area contributed by atoms with Crippen molar-refractivity contribution in [2.75, 3.05) is 0 Å². The molecule has 0 saturated heterocycles. The molecule has 0 aliphatic heterocycles. The van der Waals surface area contributed by atoms with E-state index in [0.717, 1.165) is 12.0 Å². The molecule has 1 unspecified atom stereocenters. The van der Waals surface area contributed by atoms with E-state index in [9.17, 15) is 18.0 Å². The van der Waals surface area contributed by atoms with Gasteiger partial charge in [0, 0.05) is 11.4 Å². The van der Waals surface area contributed by atoms with Crippen LogP contribution in [0.15, 0.2) is 29.2 Å². The number of benzene rings is 1. The first-order valence-corrected chi connectivity index (χ1v) is 6.94. The van der Waals surface area contributed by atoms with Crippen LogP contribution in [0.4, 0.5) is 13.2 Å².